The van der Waals surface area contributed by atoms with Crippen molar-refractivity contribution in [3.63, 3.8) is 0 Å². The van der Waals surface area contributed by atoms with E-state index < -0.39 is 0 Å². The zero-order chi connectivity index (χ0) is 13.7. The van der Waals surface area contributed by atoms with Crippen LogP contribution in [0.15, 0.2) is 12.4 Å². The number of rotatable bonds is 7. The summed E-state index contributed by atoms with van der Waals surface area (Å²) < 4.78 is 0. The van der Waals surface area contributed by atoms with E-state index in [0.717, 1.165) is 25.2 Å². The maximum atomic E-state index is 11.3. The normalized spacial score (nSPS) is 28.7. The lowest BCUT2D eigenvalue weighted by molar-refractivity contribution is -0.121. The molecule has 1 amide bonds. The van der Waals surface area contributed by atoms with Crippen molar-refractivity contribution in [2.24, 2.45) is 0 Å². The van der Waals surface area contributed by atoms with E-state index in [1.165, 1.54) is 18.6 Å². The fourth-order valence-electron chi connectivity index (χ4n) is 2.76. The summed E-state index contributed by atoms with van der Waals surface area (Å²) in [5.41, 5.74) is 0. The van der Waals surface area contributed by atoms with E-state index in [2.05, 4.69) is 34.3 Å². The molecule has 5 heteroatoms. The fraction of sp³-hybridized carbons (Fsp3) is 0.786. The molecule has 2 heterocycles. The summed E-state index contributed by atoms with van der Waals surface area (Å²) in [5, 5.41) is 10.5. The molecule has 4 nitrogen and oxygen atoms in total. The molecule has 0 aliphatic carbocycles. The topological polar surface area (TPSA) is 53.2 Å². The number of thioether (sulfide) groups is 1. The summed E-state index contributed by atoms with van der Waals surface area (Å²) in [6, 6.07) is 1.11. The predicted molar refractivity (Wildman–Crippen MR) is 81.0 cm³/mol. The van der Waals surface area contributed by atoms with Crippen LogP contribution in [0, 0.1) is 0 Å². The molecule has 0 aromatic rings. The van der Waals surface area contributed by atoms with Gasteiger partial charge >= 0.3 is 0 Å². The second-order valence-electron chi connectivity index (χ2n) is 5.37. The number of carbonyl (C=O) groups is 1. The van der Waals surface area contributed by atoms with Gasteiger partial charge in [0.1, 0.15) is 0 Å². The van der Waals surface area contributed by atoms with Crippen molar-refractivity contribution in [3.8, 4) is 0 Å². The number of amides is 1. The molecule has 1 unspecified atom stereocenters. The summed E-state index contributed by atoms with van der Waals surface area (Å²) in [6.07, 6.45) is 5.06. The van der Waals surface area contributed by atoms with Crippen LogP contribution in [0.2, 0.25) is 0 Å². The minimum absolute atomic E-state index is 0.191. The van der Waals surface area contributed by atoms with Crippen LogP contribution in [-0.2, 0) is 4.79 Å². The smallest absolute Gasteiger partial charge is 0.219 e. The van der Waals surface area contributed by atoms with Gasteiger partial charge in [0, 0.05) is 24.0 Å². The molecular formula is C14H25N3OS. The highest BCUT2D eigenvalue weighted by molar-refractivity contribution is 8.00. The molecular weight excluding hydrogens is 258 g/mol. The van der Waals surface area contributed by atoms with Crippen LogP contribution < -0.4 is 16.0 Å². The van der Waals surface area contributed by atoms with Gasteiger partial charge < -0.3 is 16.0 Å². The van der Waals surface area contributed by atoms with Gasteiger partial charge in [-0.1, -0.05) is 19.9 Å². The molecule has 3 atom stereocenters. The first-order valence-corrected chi connectivity index (χ1v) is 8.36. The number of unbranched alkanes of at least 4 members (excludes halogenated alkanes) is 1. The van der Waals surface area contributed by atoms with Gasteiger partial charge in [0.25, 0.3) is 0 Å². The number of carbonyl (C=O) groups excluding carboxylic acids is 1. The van der Waals surface area contributed by atoms with Gasteiger partial charge in [0.05, 0.1) is 17.9 Å². The summed E-state index contributed by atoms with van der Waals surface area (Å²) in [7, 11) is 0. The molecule has 3 N–H and O–H groups in total. The Morgan fingerprint density at radius 1 is 1.47 bits per heavy atom. The minimum atomic E-state index is 0.191. The van der Waals surface area contributed by atoms with Crippen LogP contribution in [0.3, 0.4) is 0 Å². The Balaban J connectivity index is 1.56. The molecule has 0 spiro atoms. The van der Waals surface area contributed by atoms with Crippen molar-refractivity contribution in [2.45, 2.75) is 56.4 Å². The van der Waals surface area contributed by atoms with Crippen LogP contribution >= 0.6 is 11.8 Å². The summed E-state index contributed by atoms with van der Waals surface area (Å²) >= 11 is 2.06. The number of nitrogens with one attached hydrogen (secondary N) is 3. The van der Waals surface area contributed by atoms with Crippen molar-refractivity contribution in [2.75, 3.05) is 12.3 Å². The molecule has 0 bridgehead atoms. The van der Waals surface area contributed by atoms with Crippen molar-refractivity contribution in [1.29, 1.82) is 0 Å². The highest BCUT2D eigenvalue weighted by Gasteiger charge is 2.40. The predicted octanol–water partition coefficient (Wildman–Crippen LogP) is 1.59. The molecule has 0 saturated carbocycles. The second kappa shape index (κ2) is 7.08. The lowest BCUT2D eigenvalue weighted by Crippen LogP contribution is -2.36. The average Bonchev–Trinajstić information content (AvgIpc) is 2.89. The Labute approximate surface area is 120 Å². The van der Waals surface area contributed by atoms with E-state index in [-0.39, 0.29) is 5.91 Å². The Morgan fingerprint density at radius 2 is 2.32 bits per heavy atom. The minimum Gasteiger partial charge on any atom is -0.367 e. The summed E-state index contributed by atoms with van der Waals surface area (Å²) in [4.78, 5) is 11.3. The van der Waals surface area contributed by atoms with Crippen LogP contribution in [0.4, 0.5) is 0 Å². The van der Waals surface area contributed by atoms with Gasteiger partial charge in [0.15, 0.2) is 0 Å². The molecule has 0 radical (unpaired) electrons. The molecule has 2 aliphatic rings. The third-order valence-corrected chi connectivity index (χ3v) is 5.25. The second-order valence-corrected chi connectivity index (χ2v) is 6.64. The highest BCUT2D eigenvalue weighted by atomic mass is 32.2. The van der Waals surface area contributed by atoms with E-state index in [1.54, 1.807) is 0 Å². The van der Waals surface area contributed by atoms with Crippen LogP contribution in [0.25, 0.3) is 0 Å². The Hall–Kier alpha value is -0.840. The van der Waals surface area contributed by atoms with E-state index in [0.29, 0.717) is 23.8 Å². The number of fused-ring (bicyclic) bond motifs is 1. The van der Waals surface area contributed by atoms with Gasteiger partial charge in [-0.2, -0.15) is 11.8 Å². The van der Waals surface area contributed by atoms with E-state index >= 15 is 0 Å². The van der Waals surface area contributed by atoms with E-state index in [9.17, 15) is 4.79 Å². The Bertz CT molecular complexity index is 335. The number of hydrogen-bond donors (Lipinski definition) is 3. The van der Waals surface area contributed by atoms with Gasteiger partial charge in [0.2, 0.25) is 5.91 Å². The SMILES string of the molecule is C=C1NC2CS[C@@H](CCCCNC(=O)CCC)[C@@H]2N1. The lowest BCUT2D eigenvalue weighted by Gasteiger charge is -2.17. The molecule has 19 heavy (non-hydrogen) atoms. The van der Waals surface area contributed by atoms with Crippen LogP contribution in [0.5, 0.6) is 0 Å². The maximum absolute atomic E-state index is 11.3. The van der Waals surface area contributed by atoms with Crippen molar-refractivity contribution >= 4 is 17.7 Å². The van der Waals surface area contributed by atoms with Gasteiger partial charge in [-0.3, -0.25) is 4.79 Å². The third-order valence-electron chi connectivity index (χ3n) is 3.74. The Morgan fingerprint density at radius 3 is 3.11 bits per heavy atom. The standard InChI is InChI=1S/C14H25N3OS/c1-3-6-13(18)15-8-5-4-7-12-14-11(9-19-12)16-10(2)17-14/h11-12,14,16-17H,2-9H2,1H3,(H,15,18)/t11?,12-,14+/m0/s1. The first-order chi connectivity index (χ1) is 9.20. The zero-order valence-electron chi connectivity index (χ0n) is 11.7. The van der Waals surface area contributed by atoms with E-state index in [4.69, 9.17) is 0 Å². The Kier molecular flexibility index (Phi) is 5.43. The molecule has 0 aromatic carbocycles. The molecule has 2 aliphatic heterocycles. The van der Waals surface area contributed by atoms with Gasteiger partial charge in [-0.15, -0.1) is 0 Å². The monoisotopic (exact) mass is 283 g/mol. The zero-order valence-corrected chi connectivity index (χ0v) is 12.5. The molecule has 2 rings (SSSR count). The van der Waals surface area contributed by atoms with Crippen molar-refractivity contribution in [3.05, 3.63) is 12.4 Å². The first kappa shape index (κ1) is 14.6. The number of hydrogen-bond acceptors (Lipinski definition) is 4. The van der Waals surface area contributed by atoms with Crippen LogP contribution in [0.1, 0.15) is 39.0 Å². The lowest BCUT2D eigenvalue weighted by atomic mass is 10.0. The largest absolute Gasteiger partial charge is 0.367 e. The molecule has 0 aromatic heterocycles. The highest BCUT2D eigenvalue weighted by Crippen LogP contribution is 2.33. The van der Waals surface area contributed by atoms with Crippen LogP contribution in [-0.4, -0.2) is 35.5 Å². The maximum Gasteiger partial charge on any atom is 0.219 e. The van der Waals surface area contributed by atoms with E-state index in [1.807, 2.05) is 6.92 Å². The van der Waals surface area contributed by atoms with Gasteiger partial charge in [-0.05, 0) is 19.3 Å². The molecule has 2 saturated heterocycles. The summed E-state index contributed by atoms with van der Waals surface area (Å²) in [5.74, 6) is 2.34. The average molecular weight is 283 g/mol. The summed E-state index contributed by atoms with van der Waals surface area (Å²) in [6.45, 7) is 6.79. The third kappa shape index (κ3) is 4.06. The molecule has 108 valence electrons. The van der Waals surface area contributed by atoms with Crippen molar-refractivity contribution < 1.29 is 4.79 Å². The van der Waals surface area contributed by atoms with Crippen molar-refractivity contribution in [1.82, 2.24) is 16.0 Å². The quantitative estimate of drug-likeness (QED) is 0.621. The molecule has 2 fully saturated rings. The first-order valence-electron chi connectivity index (χ1n) is 7.31. The van der Waals surface area contributed by atoms with Gasteiger partial charge in [-0.25, -0.2) is 0 Å². The fourth-order valence-corrected chi connectivity index (χ4v) is 4.31.